The van der Waals surface area contributed by atoms with E-state index in [9.17, 15) is 5.11 Å². The highest BCUT2D eigenvalue weighted by atomic mass is 35.5. The lowest BCUT2D eigenvalue weighted by Crippen LogP contribution is -2.26. The Labute approximate surface area is 128 Å². The summed E-state index contributed by atoms with van der Waals surface area (Å²) in [5.74, 6) is 1.77. The first-order valence-corrected chi connectivity index (χ1v) is 7.06. The summed E-state index contributed by atoms with van der Waals surface area (Å²) < 4.78 is 0. The van der Waals surface area contributed by atoms with Gasteiger partial charge < -0.3 is 10.8 Å². The van der Waals surface area contributed by atoms with Crippen molar-refractivity contribution in [3.05, 3.63) is 28.9 Å². The zero-order valence-electron chi connectivity index (χ0n) is 10.8. The van der Waals surface area contributed by atoms with Crippen LogP contribution in [0.4, 0.5) is 0 Å². The number of nitrogens with zero attached hydrogens (tertiary/aromatic N) is 1. The van der Waals surface area contributed by atoms with Crippen LogP contribution in [0.5, 0.6) is 0 Å². The molecule has 2 aliphatic rings. The van der Waals surface area contributed by atoms with Crippen LogP contribution in [0.15, 0.2) is 18.3 Å². The molecule has 108 valence electrons. The maximum absolute atomic E-state index is 11.0. The largest absolute Gasteiger partial charge is 0.385 e. The average Bonchev–Trinajstić information content (AvgIpc) is 2.78. The van der Waals surface area contributed by atoms with Gasteiger partial charge >= 0.3 is 0 Å². The highest BCUT2D eigenvalue weighted by Crippen LogP contribution is 2.63. The number of nitrogens with one attached hydrogen (secondary N) is 1. The van der Waals surface area contributed by atoms with Crippen LogP contribution in [0.1, 0.15) is 18.4 Å². The molecule has 0 bridgehead atoms. The molecule has 2 atom stereocenters. The number of nitrogens with two attached hydrogens (primary N) is 1. The molecule has 4 rings (SSSR count). The molecule has 2 aliphatic carbocycles. The van der Waals surface area contributed by atoms with Crippen LogP contribution in [-0.2, 0) is 5.60 Å². The molecule has 4 N–H and O–H groups in total. The number of rotatable bonds is 2. The maximum atomic E-state index is 11.0. The van der Waals surface area contributed by atoms with Crippen molar-refractivity contribution in [2.24, 2.45) is 23.5 Å². The second-order valence-electron chi connectivity index (χ2n) is 5.95. The van der Waals surface area contributed by atoms with Gasteiger partial charge in [-0.25, -0.2) is 0 Å². The van der Waals surface area contributed by atoms with Crippen LogP contribution in [0.25, 0.3) is 10.9 Å². The molecule has 1 heterocycles. The lowest BCUT2D eigenvalue weighted by atomic mass is 9.85. The molecular formula is C14H17Cl2N3O. The first-order valence-electron chi connectivity index (χ1n) is 6.68. The second-order valence-corrected chi connectivity index (χ2v) is 6.39. The van der Waals surface area contributed by atoms with Crippen LogP contribution in [0, 0.1) is 17.8 Å². The third-order valence-corrected chi connectivity index (χ3v) is 5.17. The van der Waals surface area contributed by atoms with Crippen molar-refractivity contribution in [2.75, 3.05) is 6.54 Å². The number of H-pyrrole nitrogens is 1. The predicted molar refractivity (Wildman–Crippen MR) is 81.0 cm³/mol. The van der Waals surface area contributed by atoms with E-state index in [1.54, 1.807) is 6.20 Å². The van der Waals surface area contributed by atoms with Gasteiger partial charge in [0.1, 0.15) is 0 Å². The Hall–Kier alpha value is -0.810. The van der Waals surface area contributed by atoms with Crippen LogP contribution in [0.2, 0.25) is 5.02 Å². The highest BCUT2D eigenvalue weighted by Gasteiger charge is 2.60. The number of aromatic amines is 1. The normalized spacial score (nSPS) is 34.9. The number of halogens is 2. The fraction of sp³-hybridized carbons (Fsp3) is 0.500. The molecule has 0 aliphatic heterocycles. The minimum Gasteiger partial charge on any atom is -0.385 e. The first kappa shape index (κ1) is 14.1. The van der Waals surface area contributed by atoms with E-state index in [1.807, 2.05) is 12.1 Å². The SMILES string of the molecule is Cl.NCC1C2CC(O)(c3cc(Cl)cc4[nH]ncc34)CC12. The summed E-state index contributed by atoms with van der Waals surface area (Å²) in [5, 5.41) is 19.6. The van der Waals surface area contributed by atoms with E-state index in [2.05, 4.69) is 10.2 Å². The molecule has 6 heteroatoms. The molecule has 0 saturated heterocycles. The predicted octanol–water partition coefficient (Wildman–Crippen LogP) is 2.44. The number of aliphatic hydroxyl groups is 1. The van der Waals surface area contributed by atoms with Crippen LogP contribution in [0.3, 0.4) is 0 Å². The molecule has 0 radical (unpaired) electrons. The molecule has 4 nitrogen and oxygen atoms in total. The van der Waals surface area contributed by atoms with Gasteiger partial charge in [0.15, 0.2) is 0 Å². The lowest BCUT2D eigenvalue weighted by Gasteiger charge is -2.27. The lowest BCUT2D eigenvalue weighted by molar-refractivity contribution is 0.0279. The summed E-state index contributed by atoms with van der Waals surface area (Å²) in [6.45, 7) is 0.738. The van der Waals surface area contributed by atoms with E-state index in [1.165, 1.54) is 0 Å². The van der Waals surface area contributed by atoms with Crippen molar-refractivity contribution in [3.63, 3.8) is 0 Å². The second kappa shape index (κ2) is 4.60. The van der Waals surface area contributed by atoms with E-state index in [0.717, 1.165) is 35.9 Å². The van der Waals surface area contributed by atoms with Crippen molar-refractivity contribution in [3.8, 4) is 0 Å². The third-order valence-electron chi connectivity index (χ3n) is 4.95. The highest BCUT2D eigenvalue weighted by molar-refractivity contribution is 6.31. The van der Waals surface area contributed by atoms with E-state index >= 15 is 0 Å². The van der Waals surface area contributed by atoms with Gasteiger partial charge in [-0.05, 0) is 54.8 Å². The van der Waals surface area contributed by atoms with Crippen molar-refractivity contribution in [1.82, 2.24) is 10.2 Å². The molecule has 0 amide bonds. The Morgan fingerprint density at radius 2 is 2.10 bits per heavy atom. The molecule has 0 spiro atoms. The third kappa shape index (κ3) is 1.86. The molecule has 2 saturated carbocycles. The summed E-state index contributed by atoms with van der Waals surface area (Å²) in [5.41, 5.74) is 6.75. The van der Waals surface area contributed by atoms with Gasteiger partial charge in [-0.15, -0.1) is 12.4 Å². The van der Waals surface area contributed by atoms with Gasteiger partial charge in [0.05, 0.1) is 17.3 Å². The van der Waals surface area contributed by atoms with Crippen molar-refractivity contribution >= 4 is 34.9 Å². The summed E-state index contributed by atoms with van der Waals surface area (Å²) >= 11 is 6.15. The Balaban J connectivity index is 0.00000121. The molecule has 20 heavy (non-hydrogen) atoms. The fourth-order valence-corrected chi connectivity index (χ4v) is 4.18. The van der Waals surface area contributed by atoms with Gasteiger partial charge in [-0.1, -0.05) is 11.6 Å². The van der Waals surface area contributed by atoms with E-state index in [4.69, 9.17) is 17.3 Å². The number of hydrogen-bond donors (Lipinski definition) is 3. The van der Waals surface area contributed by atoms with Crippen LogP contribution in [-0.4, -0.2) is 21.8 Å². The standard InChI is InChI=1S/C14H16ClN3O.ClH/c15-7-1-12(11-6-17-18-13(11)2-7)14(19)3-8-9(4-14)10(8)5-16;/h1-2,6,8-10,19H,3-5,16H2,(H,17,18);1H. The Kier molecular flexibility index (Phi) is 3.25. The van der Waals surface area contributed by atoms with Crippen molar-refractivity contribution in [1.29, 1.82) is 0 Å². The van der Waals surface area contributed by atoms with Gasteiger partial charge in [-0.3, -0.25) is 5.10 Å². The monoisotopic (exact) mass is 313 g/mol. The fourth-order valence-electron chi connectivity index (χ4n) is 3.96. The number of benzene rings is 1. The van der Waals surface area contributed by atoms with E-state index in [0.29, 0.717) is 22.8 Å². The quantitative estimate of drug-likeness (QED) is 0.797. The summed E-state index contributed by atoms with van der Waals surface area (Å²) in [7, 11) is 0. The Bertz CT molecular complexity index is 645. The molecule has 2 aromatic rings. The smallest absolute Gasteiger partial charge is 0.0909 e. The summed E-state index contributed by atoms with van der Waals surface area (Å²) in [6.07, 6.45) is 3.35. The zero-order chi connectivity index (χ0) is 13.2. The van der Waals surface area contributed by atoms with Crippen molar-refractivity contribution in [2.45, 2.75) is 18.4 Å². The van der Waals surface area contributed by atoms with Gasteiger partial charge in [-0.2, -0.15) is 5.10 Å². The molecule has 2 unspecified atom stereocenters. The van der Waals surface area contributed by atoms with Gasteiger partial charge in [0, 0.05) is 10.4 Å². The van der Waals surface area contributed by atoms with Crippen LogP contribution < -0.4 is 5.73 Å². The molecule has 1 aromatic heterocycles. The topological polar surface area (TPSA) is 74.9 Å². The van der Waals surface area contributed by atoms with Crippen LogP contribution >= 0.6 is 24.0 Å². The maximum Gasteiger partial charge on any atom is 0.0909 e. The first-order chi connectivity index (χ1) is 9.12. The molecule has 2 fully saturated rings. The van der Waals surface area contributed by atoms with Gasteiger partial charge in [0.2, 0.25) is 0 Å². The zero-order valence-corrected chi connectivity index (χ0v) is 12.4. The number of hydrogen-bond acceptors (Lipinski definition) is 3. The summed E-state index contributed by atoms with van der Waals surface area (Å²) in [4.78, 5) is 0. The summed E-state index contributed by atoms with van der Waals surface area (Å²) in [6, 6.07) is 3.72. The van der Waals surface area contributed by atoms with E-state index < -0.39 is 5.60 Å². The average molecular weight is 314 g/mol. The minimum absolute atomic E-state index is 0. The number of fused-ring (bicyclic) bond motifs is 2. The van der Waals surface area contributed by atoms with Crippen molar-refractivity contribution < 1.29 is 5.11 Å². The van der Waals surface area contributed by atoms with Gasteiger partial charge in [0.25, 0.3) is 0 Å². The molecular weight excluding hydrogens is 297 g/mol. The Morgan fingerprint density at radius 1 is 1.40 bits per heavy atom. The minimum atomic E-state index is -0.770. The van der Waals surface area contributed by atoms with E-state index in [-0.39, 0.29) is 12.4 Å². The number of aromatic nitrogens is 2. The molecule has 1 aromatic carbocycles. The Morgan fingerprint density at radius 3 is 2.75 bits per heavy atom.